The SMILES string of the molecule is CC[C@H](C)c1ccccc1OCCOc1cccc(/C=C2/C(=N)N3N=C(C(C)C)SC3=NC2=O)c1. The van der Waals surface area contributed by atoms with Crippen molar-refractivity contribution >= 4 is 39.8 Å². The summed E-state index contributed by atoms with van der Waals surface area (Å²) in [5.41, 5.74) is 2.15. The lowest BCUT2D eigenvalue weighted by Crippen LogP contribution is -2.35. The molecule has 2 aliphatic heterocycles. The zero-order valence-corrected chi connectivity index (χ0v) is 21.3. The van der Waals surface area contributed by atoms with Gasteiger partial charge in [-0.15, -0.1) is 0 Å². The van der Waals surface area contributed by atoms with Crippen LogP contribution in [0.5, 0.6) is 11.5 Å². The molecule has 0 bridgehead atoms. The molecule has 2 heterocycles. The molecular formula is C27H30N4O3S. The number of hydrazone groups is 1. The highest BCUT2D eigenvalue weighted by molar-refractivity contribution is 8.27. The summed E-state index contributed by atoms with van der Waals surface area (Å²) in [7, 11) is 0. The molecule has 2 aromatic rings. The number of carbonyl (C=O) groups is 1. The number of ether oxygens (including phenoxy) is 2. The summed E-state index contributed by atoms with van der Waals surface area (Å²) >= 11 is 1.34. The number of nitrogens with one attached hydrogen (secondary N) is 1. The fraction of sp³-hybridized carbons (Fsp3) is 0.333. The average Bonchev–Trinajstić information content (AvgIpc) is 3.29. The van der Waals surface area contributed by atoms with Crippen LogP contribution in [0.1, 0.15) is 51.2 Å². The number of amides is 1. The van der Waals surface area contributed by atoms with Gasteiger partial charge in [-0.25, -0.2) is 0 Å². The molecule has 1 N–H and O–H groups in total. The molecule has 1 atom stereocenters. The van der Waals surface area contributed by atoms with E-state index in [-0.39, 0.29) is 17.3 Å². The quantitative estimate of drug-likeness (QED) is 0.348. The van der Waals surface area contributed by atoms with Crippen LogP contribution >= 0.6 is 11.8 Å². The summed E-state index contributed by atoms with van der Waals surface area (Å²) in [5, 5.41) is 15.7. The molecule has 0 fully saturated rings. The Morgan fingerprint density at radius 3 is 2.63 bits per heavy atom. The Bertz CT molecular complexity index is 1220. The Labute approximate surface area is 210 Å². The molecule has 0 spiro atoms. The molecule has 0 aliphatic carbocycles. The second kappa shape index (κ2) is 10.9. The molecule has 7 nitrogen and oxygen atoms in total. The third kappa shape index (κ3) is 5.65. The predicted octanol–water partition coefficient (Wildman–Crippen LogP) is 5.93. The monoisotopic (exact) mass is 490 g/mol. The number of benzene rings is 2. The van der Waals surface area contributed by atoms with Gasteiger partial charge in [0.05, 0.1) is 5.57 Å². The zero-order chi connectivity index (χ0) is 24.9. The van der Waals surface area contributed by atoms with Crippen molar-refractivity contribution in [1.29, 1.82) is 5.41 Å². The van der Waals surface area contributed by atoms with Gasteiger partial charge in [-0.3, -0.25) is 10.2 Å². The first-order valence-corrected chi connectivity index (χ1v) is 12.6. The van der Waals surface area contributed by atoms with E-state index < -0.39 is 5.91 Å². The Morgan fingerprint density at radius 1 is 1.09 bits per heavy atom. The number of amidine groups is 2. The van der Waals surface area contributed by atoms with Gasteiger partial charge >= 0.3 is 0 Å². The second-order valence-corrected chi connectivity index (χ2v) is 9.72. The van der Waals surface area contributed by atoms with E-state index in [4.69, 9.17) is 14.9 Å². The lowest BCUT2D eigenvalue weighted by molar-refractivity contribution is -0.114. The molecule has 0 saturated heterocycles. The largest absolute Gasteiger partial charge is 0.490 e. The van der Waals surface area contributed by atoms with Gasteiger partial charge in [-0.05, 0) is 59.5 Å². The fourth-order valence-corrected chi connectivity index (χ4v) is 4.54. The summed E-state index contributed by atoms with van der Waals surface area (Å²) in [4.78, 5) is 16.8. The Balaban J connectivity index is 1.40. The van der Waals surface area contributed by atoms with E-state index >= 15 is 0 Å². The first-order chi connectivity index (χ1) is 16.9. The number of hydrogen-bond acceptors (Lipinski definition) is 6. The summed E-state index contributed by atoms with van der Waals surface area (Å²) in [6, 6.07) is 15.5. The Kier molecular flexibility index (Phi) is 7.70. The third-order valence-electron chi connectivity index (χ3n) is 5.81. The highest BCUT2D eigenvalue weighted by Gasteiger charge is 2.36. The number of fused-ring (bicyclic) bond motifs is 1. The number of carbonyl (C=O) groups excluding carboxylic acids is 1. The number of hydrogen-bond donors (Lipinski definition) is 1. The van der Waals surface area contributed by atoms with Gasteiger partial charge in [0.15, 0.2) is 5.84 Å². The van der Waals surface area contributed by atoms with E-state index in [1.54, 1.807) is 6.08 Å². The minimum Gasteiger partial charge on any atom is -0.490 e. The predicted molar refractivity (Wildman–Crippen MR) is 142 cm³/mol. The minimum absolute atomic E-state index is 0.0304. The first-order valence-electron chi connectivity index (χ1n) is 11.8. The number of nitrogens with zero attached hydrogens (tertiary/aromatic N) is 3. The molecule has 0 radical (unpaired) electrons. The van der Waals surface area contributed by atoms with Crippen molar-refractivity contribution in [2.24, 2.45) is 16.0 Å². The fourth-order valence-electron chi connectivity index (χ4n) is 3.65. The van der Waals surface area contributed by atoms with Gasteiger partial charge in [0.1, 0.15) is 29.8 Å². The van der Waals surface area contributed by atoms with Crippen molar-refractivity contribution in [2.75, 3.05) is 13.2 Å². The van der Waals surface area contributed by atoms with Crippen molar-refractivity contribution in [1.82, 2.24) is 5.01 Å². The average molecular weight is 491 g/mol. The zero-order valence-electron chi connectivity index (χ0n) is 20.4. The molecule has 0 saturated carbocycles. The van der Waals surface area contributed by atoms with E-state index in [0.717, 1.165) is 22.8 Å². The van der Waals surface area contributed by atoms with Crippen LogP contribution in [-0.4, -0.2) is 40.2 Å². The highest BCUT2D eigenvalue weighted by atomic mass is 32.2. The van der Waals surface area contributed by atoms with Gasteiger partial charge in [-0.1, -0.05) is 58.0 Å². The lowest BCUT2D eigenvalue weighted by Gasteiger charge is -2.20. The van der Waals surface area contributed by atoms with E-state index in [2.05, 4.69) is 30.0 Å². The number of para-hydroxylation sites is 1. The van der Waals surface area contributed by atoms with Crippen molar-refractivity contribution in [2.45, 2.75) is 40.0 Å². The normalized spacial score (nSPS) is 17.4. The molecule has 0 aromatic heterocycles. The smallest absolute Gasteiger partial charge is 0.283 e. The van der Waals surface area contributed by atoms with Gasteiger partial charge < -0.3 is 9.47 Å². The van der Waals surface area contributed by atoms with Gasteiger partial charge in [0, 0.05) is 5.92 Å². The standard InChI is InChI=1S/C27H30N4O3S/c1-5-18(4)21-11-6-7-12-23(21)34-14-13-33-20-10-8-9-19(15-20)16-22-24(28)31-27(29-25(22)32)35-26(30-31)17(2)3/h6-12,15-18,28H,5,13-14H2,1-4H3/b22-16-,28-24?/t18-/m0/s1. The number of rotatable bonds is 9. The van der Waals surface area contributed by atoms with Gasteiger partial charge in [0.2, 0.25) is 5.17 Å². The highest BCUT2D eigenvalue weighted by Crippen LogP contribution is 2.31. The van der Waals surface area contributed by atoms with Gasteiger partial charge in [0.25, 0.3) is 5.91 Å². The first kappa shape index (κ1) is 24.7. The molecular weight excluding hydrogens is 460 g/mol. The molecule has 2 aliphatic rings. The third-order valence-corrected chi connectivity index (χ3v) is 7.01. The summed E-state index contributed by atoms with van der Waals surface area (Å²) < 4.78 is 11.9. The second-order valence-electron chi connectivity index (χ2n) is 8.73. The Morgan fingerprint density at radius 2 is 1.86 bits per heavy atom. The van der Waals surface area contributed by atoms with E-state index in [1.807, 2.05) is 56.3 Å². The van der Waals surface area contributed by atoms with Crippen LogP contribution in [0.25, 0.3) is 6.08 Å². The topological polar surface area (TPSA) is 87.3 Å². The van der Waals surface area contributed by atoms with Crippen LogP contribution in [0.4, 0.5) is 0 Å². The van der Waals surface area contributed by atoms with Crippen molar-refractivity contribution in [3.8, 4) is 11.5 Å². The van der Waals surface area contributed by atoms with Crippen molar-refractivity contribution in [3.63, 3.8) is 0 Å². The maximum Gasteiger partial charge on any atom is 0.283 e. The molecule has 1 amide bonds. The molecule has 4 rings (SSSR count). The van der Waals surface area contributed by atoms with E-state index in [9.17, 15) is 4.79 Å². The summed E-state index contributed by atoms with van der Waals surface area (Å²) in [6.45, 7) is 9.21. The van der Waals surface area contributed by atoms with E-state index in [0.29, 0.717) is 30.0 Å². The van der Waals surface area contributed by atoms with Crippen molar-refractivity contribution in [3.05, 3.63) is 65.2 Å². The maximum absolute atomic E-state index is 12.6. The van der Waals surface area contributed by atoms with Crippen molar-refractivity contribution < 1.29 is 14.3 Å². The summed E-state index contributed by atoms with van der Waals surface area (Å²) in [6.07, 6.45) is 2.71. The van der Waals surface area contributed by atoms with Crippen LogP contribution in [-0.2, 0) is 4.79 Å². The molecule has 8 heteroatoms. The van der Waals surface area contributed by atoms with Gasteiger partial charge in [-0.2, -0.15) is 15.1 Å². The van der Waals surface area contributed by atoms with Crippen LogP contribution in [0.3, 0.4) is 0 Å². The maximum atomic E-state index is 12.6. The van der Waals surface area contributed by atoms with E-state index in [1.165, 1.54) is 22.3 Å². The van der Waals surface area contributed by atoms with Crippen LogP contribution < -0.4 is 9.47 Å². The molecule has 182 valence electrons. The van der Waals surface area contributed by atoms with Crippen LogP contribution in [0.2, 0.25) is 0 Å². The molecule has 0 unspecified atom stereocenters. The number of thioether (sulfide) groups is 1. The van der Waals surface area contributed by atoms with Crippen LogP contribution in [0, 0.1) is 11.3 Å². The molecule has 2 aromatic carbocycles. The van der Waals surface area contributed by atoms with Crippen LogP contribution in [0.15, 0.2) is 64.2 Å². The number of aliphatic imine (C=N–C) groups is 1. The molecule has 35 heavy (non-hydrogen) atoms. The lowest BCUT2D eigenvalue weighted by atomic mass is 9.98. The Hall–Kier alpha value is -3.39. The minimum atomic E-state index is -0.436. The summed E-state index contributed by atoms with van der Waals surface area (Å²) in [5.74, 6) is 1.78.